The number of nitrogens with one attached hydrogen (secondary N) is 1. The highest BCUT2D eigenvalue weighted by Crippen LogP contribution is 2.24. The molecule has 0 aromatic heterocycles. The summed E-state index contributed by atoms with van der Waals surface area (Å²) >= 11 is 0. The third kappa shape index (κ3) is 3.37. The molecular weight excluding hydrogens is 278 g/mol. The van der Waals surface area contributed by atoms with Crippen molar-refractivity contribution < 1.29 is 17.9 Å². The van der Waals surface area contributed by atoms with Gasteiger partial charge in [-0.3, -0.25) is 4.79 Å². The predicted molar refractivity (Wildman–Crippen MR) is 76.3 cm³/mol. The van der Waals surface area contributed by atoms with Crippen molar-refractivity contribution in [3.05, 3.63) is 24.3 Å². The van der Waals surface area contributed by atoms with Gasteiger partial charge in [-0.1, -0.05) is 19.1 Å². The minimum Gasteiger partial charge on any atom is -0.381 e. The number of benzene rings is 1. The zero-order chi connectivity index (χ0) is 14.6. The molecule has 1 aliphatic rings. The normalized spacial score (nSPS) is 16.9. The van der Waals surface area contributed by atoms with Gasteiger partial charge in [-0.15, -0.1) is 0 Å². The molecule has 0 aliphatic carbocycles. The second kappa shape index (κ2) is 6.37. The first kappa shape index (κ1) is 15.0. The quantitative estimate of drug-likeness (QED) is 0.920. The van der Waals surface area contributed by atoms with E-state index in [1.54, 1.807) is 25.1 Å². The summed E-state index contributed by atoms with van der Waals surface area (Å²) in [7, 11) is -3.34. The van der Waals surface area contributed by atoms with Crippen LogP contribution in [-0.2, 0) is 19.4 Å². The molecule has 1 heterocycles. The first-order valence-electron chi connectivity index (χ1n) is 6.75. The zero-order valence-electron chi connectivity index (χ0n) is 11.5. The van der Waals surface area contributed by atoms with Crippen LogP contribution < -0.4 is 5.32 Å². The van der Waals surface area contributed by atoms with Crippen LogP contribution in [0.3, 0.4) is 0 Å². The van der Waals surface area contributed by atoms with Gasteiger partial charge >= 0.3 is 0 Å². The lowest BCUT2D eigenvalue weighted by molar-refractivity contribution is -0.122. The molecule has 1 aromatic rings. The lowest BCUT2D eigenvalue weighted by Gasteiger charge is -2.21. The van der Waals surface area contributed by atoms with Gasteiger partial charge in [0, 0.05) is 19.1 Å². The van der Waals surface area contributed by atoms with Crippen molar-refractivity contribution in [2.45, 2.75) is 24.7 Å². The molecule has 0 saturated carbocycles. The van der Waals surface area contributed by atoms with Crippen LogP contribution in [0, 0.1) is 5.92 Å². The SMILES string of the molecule is CCS(=O)(=O)c1ccccc1NC(=O)C1CCOCC1. The third-order valence-corrected chi connectivity index (χ3v) is 5.24. The van der Waals surface area contributed by atoms with E-state index in [1.165, 1.54) is 6.07 Å². The minimum absolute atomic E-state index is 0.0111. The van der Waals surface area contributed by atoms with Crippen LogP contribution in [0.4, 0.5) is 5.69 Å². The van der Waals surface area contributed by atoms with E-state index in [1.807, 2.05) is 0 Å². The van der Waals surface area contributed by atoms with Crippen LogP contribution in [0.25, 0.3) is 0 Å². The number of anilines is 1. The molecule has 0 unspecified atom stereocenters. The first-order chi connectivity index (χ1) is 9.54. The van der Waals surface area contributed by atoms with Gasteiger partial charge in [-0.05, 0) is 25.0 Å². The van der Waals surface area contributed by atoms with Crippen LogP contribution in [0.15, 0.2) is 29.2 Å². The molecular formula is C14H19NO4S. The summed E-state index contributed by atoms with van der Waals surface area (Å²) in [6.45, 7) is 2.74. The van der Waals surface area contributed by atoms with E-state index in [4.69, 9.17) is 4.74 Å². The standard InChI is InChI=1S/C14H19NO4S/c1-2-20(17,18)13-6-4-3-5-12(13)15-14(16)11-7-9-19-10-8-11/h3-6,11H,2,7-10H2,1H3,(H,15,16). The number of rotatable bonds is 4. The molecule has 0 atom stereocenters. The van der Waals surface area contributed by atoms with Crippen molar-refractivity contribution in [1.29, 1.82) is 0 Å². The van der Waals surface area contributed by atoms with Crippen molar-refractivity contribution in [1.82, 2.24) is 0 Å². The van der Waals surface area contributed by atoms with E-state index < -0.39 is 9.84 Å². The minimum atomic E-state index is -3.34. The predicted octanol–water partition coefficient (Wildman–Crippen LogP) is 1.85. The number of carbonyl (C=O) groups is 1. The molecule has 0 bridgehead atoms. The van der Waals surface area contributed by atoms with Gasteiger partial charge in [0.05, 0.1) is 16.3 Å². The lowest BCUT2D eigenvalue weighted by atomic mass is 9.99. The first-order valence-corrected chi connectivity index (χ1v) is 8.40. The Hall–Kier alpha value is -1.40. The molecule has 1 aliphatic heterocycles. The van der Waals surface area contributed by atoms with E-state index >= 15 is 0 Å². The highest BCUT2D eigenvalue weighted by Gasteiger charge is 2.24. The van der Waals surface area contributed by atoms with Crippen molar-refractivity contribution in [3.8, 4) is 0 Å². The molecule has 110 valence electrons. The summed E-state index contributed by atoms with van der Waals surface area (Å²) in [6, 6.07) is 6.53. The van der Waals surface area contributed by atoms with Crippen LogP contribution in [-0.4, -0.2) is 33.3 Å². The second-order valence-corrected chi connectivity index (χ2v) is 7.02. The number of hydrogen-bond acceptors (Lipinski definition) is 4. The van der Waals surface area contributed by atoms with Crippen LogP contribution in [0.5, 0.6) is 0 Å². The summed E-state index contributed by atoms with van der Waals surface area (Å²) in [6.07, 6.45) is 1.35. The monoisotopic (exact) mass is 297 g/mol. The fourth-order valence-electron chi connectivity index (χ4n) is 2.19. The Labute approximate surface area is 119 Å². The van der Waals surface area contributed by atoms with Gasteiger partial charge in [0.25, 0.3) is 0 Å². The Morgan fingerprint density at radius 1 is 1.30 bits per heavy atom. The number of sulfone groups is 1. The van der Waals surface area contributed by atoms with Gasteiger partial charge in [-0.25, -0.2) is 8.42 Å². The fourth-order valence-corrected chi connectivity index (χ4v) is 3.24. The average molecular weight is 297 g/mol. The Morgan fingerprint density at radius 3 is 2.60 bits per heavy atom. The maximum atomic E-state index is 12.2. The molecule has 1 fully saturated rings. The summed E-state index contributed by atoms with van der Waals surface area (Å²) in [5.41, 5.74) is 0.367. The Balaban J connectivity index is 2.19. The summed E-state index contributed by atoms with van der Waals surface area (Å²) in [5.74, 6) is -0.231. The van der Waals surface area contributed by atoms with Crippen LogP contribution in [0.1, 0.15) is 19.8 Å². The number of carbonyl (C=O) groups excluding carboxylic acids is 1. The molecule has 0 radical (unpaired) electrons. The molecule has 1 aromatic carbocycles. The third-order valence-electron chi connectivity index (χ3n) is 3.45. The van der Waals surface area contributed by atoms with E-state index in [0.29, 0.717) is 31.7 Å². The molecule has 1 amide bonds. The van der Waals surface area contributed by atoms with Gasteiger partial charge in [0.15, 0.2) is 9.84 Å². The van der Waals surface area contributed by atoms with Gasteiger partial charge in [0.2, 0.25) is 5.91 Å². The van der Waals surface area contributed by atoms with Crippen LogP contribution >= 0.6 is 0 Å². The highest BCUT2D eigenvalue weighted by atomic mass is 32.2. The van der Waals surface area contributed by atoms with Crippen molar-refractivity contribution in [2.75, 3.05) is 24.3 Å². The second-order valence-electron chi connectivity index (χ2n) is 4.78. The highest BCUT2D eigenvalue weighted by molar-refractivity contribution is 7.91. The maximum absolute atomic E-state index is 12.2. The largest absolute Gasteiger partial charge is 0.381 e. The van der Waals surface area contributed by atoms with E-state index in [9.17, 15) is 13.2 Å². The number of amides is 1. The van der Waals surface area contributed by atoms with Gasteiger partial charge in [0.1, 0.15) is 0 Å². The number of ether oxygens (including phenoxy) is 1. The Kier molecular flexibility index (Phi) is 4.77. The smallest absolute Gasteiger partial charge is 0.227 e. The maximum Gasteiger partial charge on any atom is 0.227 e. The Morgan fingerprint density at radius 2 is 1.95 bits per heavy atom. The zero-order valence-corrected chi connectivity index (χ0v) is 12.3. The molecule has 20 heavy (non-hydrogen) atoms. The van der Waals surface area contributed by atoms with E-state index in [0.717, 1.165) is 0 Å². The molecule has 1 saturated heterocycles. The number of para-hydroxylation sites is 1. The molecule has 5 nitrogen and oxygen atoms in total. The van der Waals surface area contributed by atoms with Crippen LogP contribution in [0.2, 0.25) is 0 Å². The average Bonchev–Trinajstić information content (AvgIpc) is 2.48. The van der Waals surface area contributed by atoms with Gasteiger partial charge in [-0.2, -0.15) is 0 Å². The van der Waals surface area contributed by atoms with Gasteiger partial charge < -0.3 is 10.1 Å². The molecule has 6 heteroatoms. The Bertz CT molecular complexity index is 577. The summed E-state index contributed by atoms with van der Waals surface area (Å²) in [5, 5.41) is 2.75. The van der Waals surface area contributed by atoms with Crippen molar-refractivity contribution >= 4 is 21.4 Å². The van der Waals surface area contributed by atoms with Crippen molar-refractivity contribution in [2.24, 2.45) is 5.92 Å². The fraction of sp³-hybridized carbons (Fsp3) is 0.500. The molecule has 1 N–H and O–H groups in total. The summed E-state index contributed by atoms with van der Waals surface area (Å²) in [4.78, 5) is 12.4. The topological polar surface area (TPSA) is 72.5 Å². The van der Waals surface area contributed by atoms with E-state index in [2.05, 4.69) is 5.32 Å². The number of hydrogen-bond donors (Lipinski definition) is 1. The van der Waals surface area contributed by atoms with E-state index in [-0.39, 0.29) is 22.5 Å². The summed E-state index contributed by atoms with van der Waals surface area (Å²) < 4.78 is 29.2. The lowest BCUT2D eigenvalue weighted by Crippen LogP contribution is -2.29. The van der Waals surface area contributed by atoms with Crippen molar-refractivity contribution in [3.63, 3.8) is 0 Å². The molecule has 0 spiro atoms. The molecule has 2 rings (SSSR count).